The van der Waals surface area contributed by atoms with Gasteiger partial charge >= 0.3 is 47.2 Å². The third-order valence-electron chi connectivity index (χ3n) is 9.43. The van der Waals surface area contributed by atoms with Gasteiger partial charge in [-0.25, -0.2) is 0 Å². The van der Waals surface area contributed by atoms with Crippen molar-refractivity contribution in [3.63, 3.8) is 0 Å². The van der Waals surface area contributed by atoms with Gasteiger partial charge < -0.3 is 47.1 Å². The maximum Gasteiger partial charge on any atom is 2.00 e. The molecule has 0 rings (SSSR count). The van der Waals surface area contributed by atoms with Crippen molar-refractivity contribution in [2.75, 3.05) is 77.5 Å². The Labute approximate surface area is 454 Å². The van der Waals surface area contributed by atoms with Gasteiger partial charge in [0.15, 0.2) is 0 Å². The summed E-state index contributed by atoms with van der Waals surface area (Å²) in [5.41, 5.74) is 0. The first-order valence-corrected chi connectivity index (χ1v) is 35.1. The van der Waals surface area contributed by atoms with Gasteiger partial charge in [0, 0.05) is 0 Å². The second-order valence-corrected chi connectivity index (χ2v) is 26.2. The van der Waals surface area contributed by atoms with Crippen LogP contribution in [0.15, 0.2) is 0 Å². The van der Waals surface area contributed by atoms with E-state index in [-0.39, 0.29) is 27.7 Å². The number of halogens is 1. The topological polar surface area (TPSA) is 295 Å². The summed E-state index contributed by atoms with van der Waals surface area (Å²) in [6.07, 6.45) is 26.1. The number of hydrogen-bond acceptors (Lipinski definition) is 16. The van der Waals surface area contributed by atoms with Crippen molar-refractivity contribution in [2.45, 2.75) is 237 Å². The molecule has 0 spiro atoms. The van der Waals surface area contributed by atoms with Crippen molar-refractivity contribution < 1.29 is 111 Å². The Morgan fingerprint density at radius 1 is 0.292 bits per heavy atom. The maximum atomic E-state index is 12.3. The van der Waals surface area contributed by atoms with Gasteiger partial charge in [0.2, 0.25) is 0 Å². The van der Waals surface area contributed by atoms with Gasteiger partial charge in [-0.2, -0.15) is 14.0 Å². The fraction of sp³-hybridized carbons (Fsp3) is 1.00. The van der Waals surface area contributed by atoms with E-state index in [1.54, 1.807) is 0 Å². The molecule has 0 aromatic heterocycles. The molecule has 0 aromatic carbocycles. The van der Waals surface area contributed by atoms with Crippen LogP contribution >= 0.6 is 30.4 Å². The van der Waals surface area contributed by atoms with E-state index >= 15 is 0 Å². The predicted octanol–water partition coefficient (Wildman–Crippen LogP) is 12.7. The summed E-state index contributed by atoms with van der Waals surface area (Å²) in [6.45, 7) is 29.6. The van der Waals surface area contributed by atoms with Crippen LogP contribution in [0.4, 0.5) is 0 Å². The van der Waals surface area contributed by atoms with Crippen LogP contribution in [0.1, 0.15) is 237 Å². The monoisotopic (exact) mass is 1200 g/mol. The Kier molecular flexibility index (Phi) is 80.6. The zero-order chi connectivity index (χ0) is 53.6. The van der Waals surface area contributed by atoms with Crippen molar-refractivity contribution >= 4 is 30.4 Å². The average molecular weight is 1200 g/mol. The van der Waals surface area contributed by atoms with Crippen molar-refractivity contribution in [1.82, 2.24) is 0 Å². The van der Waals surface area contributed by atoms with Gasteiger partial charge in [-0.1, -0.05) is 160 Å². The zero-order valence-electron chi connectivity index (χ0n) is 47.5. The molecule has 0 amide bonds. The minimum absolute atomic E-state index is 0. The fourth-order valence-electron chi connectivity index (χ4n) is 4.86. The van der Waals surface area contributed by atoms with Crippen LogP contribution in [0, 0.1) is 10.2 Å². The Morgan fingerprint density at radius 2 is 0.389 bits per heavy atom. The molecule has 0 heterocycles. The molecule has 18 nitrogen and oxygen atoms in total. The molecular formula is C48H113ClCoO18P4+2. The zero-order valence-corrected chi connectivity index (χ0v) is 52.9. The molecule has 0 unspecified atom stereocenters. The summed E-state index contributed by atoms with van der Waals surface area (Å²) >= 11 is 0. The van der Waals surface area contributed by atoms with Gasteiger partial charge in [0.1, 0.15) is 0 Å². The van der Waals surface area contributed by atoms with Gasteiger partial charge in [0.05, 0.1) is 92.4 Å². The van der Waals surface area contributed by atoms with Gasteiger partial charge in [-0.3, -0.25) is 18.3 Å². The van der Waals surface area contributed by atoms with E-state index in [9.17, 15) is 18.3 Å². The minimum Gasteiger partial charge on any atom is -0.412 e. The molecule has 0 aromatic rings. The Morgan fingerprint density at radius 3 is 0.472 bits per heavy atom. The number of hydrogen-bond donors (Lipinski definition) is 1. The summed E-state index contributed by atoms with van der Waals surface area (Å²) in [4.78, 5) is 0. The van der Waals surface area contributed by atoms with Crippen LogP contribution in [-0.2, 0) is 71.2 Å². The van der Waals surface area contributed by atoms with Crippen LogP contribution < -0.4 is 14.0 Å². The number of rotatable bonds is 44. The van der Waals surface area contributed by atoms with E-state index < -0.39 is 40.6 Å². The van der Waals surface area contributed by atoms with E-state index in [2.05, 4.69) is 83.1 Å². The Bertz CT molecular complexity index is 998. The van der Waals surface area contributed by atoms with Crippen molar-refractivity contribution in [3.05, 3.63) is 0 Å². The average Bonchev–Trinajstić information content (AvgIpc) is 3.30. The van der Waals surface area contributed by atoms with Gasteiger partial charge in [0.25, 0.3) is 0 Å². The minimum atomic E-state index is -4.69. The second-order valence-electron chi connectivity index (χ2n) is 16.6. The molecule has 0 saturated heterocycles. The van der Waals surface area contributed by atoms with E-state index in [0.29, 0.717) is 77.5 Å². The van der Waals surface area contributed by atoms with Crippen LogP contribution in [0.25, 0.3) is 0 Å². The molecule has 0 aliphatic rings. The van der Waals surface area contributed by atoms with E-state index in [4.69, 9.17) is 54.8 Å². The molecule has 447 valence electrons. The normalized spacial score (nSPS) is 11.4. The maximum absolute atomic E-state index is 12.3. The molecule has 0 saturated carbocycles. The first-order valence-electron chi connectivity index (χ1n) is 26.9. The molecule has 0 aliphatic carbocycles. The van der Waals surface area contributed by atoms with E-state index in [0.717, 1.165) is 154 Å². The Balaban J connectivity index is -0.000000121. The first kappa shape index (κ1) is 89.7. The molecule has 1 radical (unpaired) electrons. The third kappa shape index (κ3) is 73.2. The largest absolute Gasteiger partial charge is 2.00 e. The van der Waals surface area contributed by atoms with Crippen LogP contribution in [0.3, 0.4) is 0 Å². The standard InChI is InChI=1S/4C12H27O3P.ClHO4.Co.2H2O/c4*1-4-7-10-14-16(13,12-9-6-3)15-11-8-5-2;2-1(3,4)5;;;/h4*4-12H2,1-3H3;(H,2,3,4,5);;2*1H2/q;;;;;+2;;. The first-order chi connectivity index (χ1) is 32.7. The third-order valence-corrected chi connectivity index (χ3v) is 17.5. The predicted molar refractivity (Wildman–Crippen MR) is 286 cm³/mol. The molecule has 0 bridgehead atoms. The van der Waals surface area contributed by atoms with Gasteiger partial charge in [-0.05, 0) is 77.0 Å². The molecule has 0 fully saturated rings. The molecular weight excluding hydrogens is 1080 g/mol. The smallest absolute Gasteiger partial charge is 0.412 e. The summed E-state index contributed by atoms with van der Waals surface area (Å²) in [5, 5.41) is 0. The molecule has 0 aliphatic heterocycles. The van der Waals surface area contributed by atoms with Crippen molar-refractivity contribution in [2.24, 2.45) is 0 Å². The van der Waals surface area contributed by atoms with Crippen LogP contribution in [-0.4, -0.2) is 93.1 Å². The van der Waals surface area contributed by atoms with Crippen LogP contribution in [0.2, 0.25) is 0 Å². The Hall–Kier alpha value is 1.16. The molecule has 5 N–H and O–H groups in total. The van der Waals surface area contributed by atoms with Crippen molar-refractivity contribution in [1.29, 1.82) is 0 Å². The summed E-state index contributed by atoms with van der Waals surface area (Å²) < 4.78 is 125. The van der Waals surface area contributed by atoms with E-state index in [1.165, 1.54) is 0 Å². The summed E-state index contributed by atoms with van der Waals surface area (Å²) in [5.74, 6) is 0. The van der Waals surface area contributed by atoms with Gasteiger partial charge in [-0.15, -0.1) is 0 Å². The number of unbranched alkanes of at least 4 members (excludes halogenated alkanes) is 12. The summed E-state index contributed by atoms with van der Waals surface area (Å²) in [7, 11) is -15.9. The van der Waals surface area contributed by atoms with Crippen LogP contribution in [0.5, 0.6) is 0 Å². The SMILES string of the molecule is CCCCOP(=O)(CCCC)OCCCC.CCCCOP(=O)(CCCC)OCCCC.CCCCOP(=O)(CCCC)OCCCC.CCCCOP(=O)(CCCC)OCCCC.O.O.[Co+2].[O-][Cl+3]([O-])([O-])O. The van der Waals surface area contributed by atoms with Crippen molar-refractivity contribution in [3.8, 4) is 0 Å². The van der Waals surface area contributed by atoms with E-state index in [1.807, 2.05) is 0 Å². The quantitative estimate of drug-likeness (QED) is 0.0438. The fourth-order valence-corrected chi connectivity index (χ4v) is 12.3. The second kappa shape index (κ2) is 64.7. The summed E-state index contributed by atoms with van der Waals surface area (Å²) in [6, 6.07) is 0. The molecule has 0 atom stereocenters. The molecule has 72 heavy (non-hydrogen) atoms. The molecule has 24 heteroatoms.